The summed E-state index contributed by atoms with van der Waals surface area (Å²) in [6.07, 6.45) is 3.91. The molecule has 3 rings (SSSR count). The van der Waals surface area contributed by atoms with Gasteiger partial charge in [-0.2, -0.15) is 0 Å². The quantitative estimate of drug-likeness (QED) is 0.813. The fraction of sp³-hybridized carbons (Fsp3) is 0.214. The Balaban J connectivity index is 2.14. The molecule has 0 bridgehead atoms. The number of fused-ring (bicyclic) bond motifs is 1. The first-order valence-electron chi connectivity index (χ1n) is 5.81. The maximum atomic E-state index is 5.79. The Labute approximate surface area is 100 Å². The van der Waals surface area contributed by atoms with E-state index in [-0.39, 0.29) is 0 Å². The van der Waals surface area contributed by atoms with Crippen molar-refractivity contribution in [2.75, 3.05) is 12.3 Å². The van der Waals surface area contributed by atoms with E-state index in [1.807, 2.05) is 12.1 Å². The first-order valence-corrected chi connectivity index (χ1v) is 5.81. The first kappa shape index (κ1) is 10.1. The standard InChI is InChI=1S/C14H14N2O/c15-13-9-11(6-7-16-13)12-5-1-3-10-4-2-8-17-14(10)12/h1,3,5-7,9H,2,4,8H2,(H2,15,16). The molecule has 0 amide bonds. The van der Waals surface area contributed by atoms with Crippen LogP contribution in [-0.4, -0.2) is 11.6 Å². The lowest BCUT2D eigenvalue weighted by molar-refractivity contribution is 0.289. The summed E-state index contributed by atoms with van der Waals surface area (Å²) in [4.78, 5) is 4.01. The number of nitrogens with two attached hydrogens (primary N) is 1. The molecular weight excluding hydrogens is 212 g/mol. The second-order valence-electron chi connectivity index (χ2n) is 4.22. The van der Waals surface area contributed by atoms with E-state index in [4.69, 9.17) is 10.5 Å². The highest BCUT2D eigenvalue weighted by atomic mass is 16.5. The van der Waals surface area contributed by atoms with E-state index in [1.54, 1.807) is 6.20 Å². The molecule has 1 aromatic heterocycles. The number of rotatable bonds is 1. The minimum absolute atomic E-state index is 0.538. The highest BCUT2D eigenvalue weighted by Gasteiger charge is 2.15. The maximum absolute atomic E-state index is 5.79. The van der Waals surface area contributed by atoms with Gasteiger partial charge in [0, 0.05) is 11.8 Å². The van der Waals surface area contributed by atoms with E-state index in [0.29, 0.717) is 5.82 Å². The van der Waals surface area contributed by atoms with Gasteiger partial charge in [0.05, 0.1) is 6.61 Å². The van der Waals surface area contributed by atoms with Crippen molar-refractivity contribution in [3.05, 3.63) is 42.1 Å². The lowest BCUT2D eigenvalue weighted by Crippen LogP contribution is -2.09. The van der Waals surface area contributed by atoms with Crippen LogP contribution in [0, 0.1) is 0 Å². The van der Waals surface area contributed by atoms with Crippen molar-refractivity contribution in [2.45, 2.75) is 12.8 Å². The predicted molar refractivity (Wildman–Crippen MR) is 67.9 cm³/mol. The number of benzene rings is 1. The zero-order valence-electron chi connectivity index (χ0n) is 9.52. The van der Waals surface area contributed by atoms with Crippen LogP contribution in [0.1, 0.15) is 12.0 Å². The van der Waals surface area contributed by atoms with Gasteiger partial charge in [0.25, 0.3) is 0 Å². The Kier molecular flexibility index (Phi) is 2.44. The number of anilines is 1. The largest absolute Gasteiger partial charge is 0.493 e. The molecular formula is C14H14N2O. The average Bonchev–Trinajstić information content (AvgIpc) is 2.38. The van der Waals surface area contributed by atoms with Crippen molar-refractivity contribution in [1.29, 1.82) is 0 Å². The molecule has 0 aliphatic carbocycles. The van der Waals surface area contributed by atoms with Gasteiger partial charge in [-0.05, 0) is 36.1 Å². The number of nitrogen functional groups attached to an aromatic ring is 1. The molecule has 0 atom stereocenters. The Bertz CT molecular complexity index is 552. The van der Waals surface area contributed by atoms with Gasteiger partial charge in [-0.3, -0.25) is 0 Å². The van der Waals surface area contributed by atoms with E-state index in [9.17, 15) is 0 Å². The van der Waals surface area contributed by atoms with E-state index < -0.39 is 0 Å². The summed E-state index contributed by atoms with van der Waals surface area (Å²) in [5.41, 5.74) is 9.18. The molecule has 0 saturated heterocycles. The number of hydrogen-bond acceptors (Lipinski definition) is 3. The molecule has 2 aromatic rings. The van der Waals surface area contributed by atoms with Gasteiger partial charge in [0.2, 0.25) is 0 Å². The van der Waals surface area contributed by atoms with Crippen LogP contribution in [-0.2, 0) is 6.42 Å². The van der Waals surface area contributed by atoms with E-state index in [1.165, 1.54) is 5.56 Å². The second-order valence-corrected chi connectivity index (χ2v) is 4.22. The summed E-state index contributed by atoms with van der Waals surface area (Å²) in [5, 5.41) is 0. The zero-order chi connectivity index (χ0) is 11.7. The summed E-state index contributed by atoms with van der Waals surface area (Å²) in [6.45, 7) is 0.796. The topological polar surface area (TPSA) is 48.1 Å². The number of ether oxygens (including phenoxy) is 1. The third-order valence-electron chi connectivity index (χ3n) is 3.03. The van der Waals surface area contributed by atoms with Gasteiger partial charge in [0.1, 0.15) is 11.6 Å². The summed E-state index contributed by atoms with van der Waals surface area (Å²) in [7, 11) is 0. The fourth-order valence-electron chi connectivity index (χ4n) is 2.23. The Morgan fingerprint density at radius 3 is 3.06 bits per heavy atom. The monoisotopic (exact) mass is 226 g/mol. The molecule has 0 fully saturated rings. The minimum Gasteiger partial charge on any atom is -0.493 e. The third kappa shape index (κ3) is 1.84. The second kappa shape index (κ2) is 4.09. The Hall–Kier alpha value is -2.03. The Morgan fingerprint density at radius 1 is 1.24 bits per heavy atom. The number of hydrogen-bond donors (Lipinski definition) is 1. The molecule has 0 spiro atoms. The highest BCUT2D eigenvalue weighted by Crippen LogP contribution is 2.36. The van der Waals surface area contributed by atoms with Crippen molar-refractivity contribution in [2.24, 2.45) is 0 Å². The van der Waals surface area contributed by atoms with Crippen LogP contribution in [0.2, 0.25) is 0 Å². The number of aromatic nitrogens is 1. The van der Waals surface area contributed by atoms with Gasteiger partial charge in [-0.1, -0.05) is 18.2 Å². The zero-order valence-corrected chi connectivity index (χ0v) is 9.52. The number of aryl methyl sites for hydroxylation is 1. The molecule has 1 aliphatic heterocycles. The van der Waals surface area contributed by atoms with E-state index in [0.717, 1.165) is 36.3 Å². The van der Waals surface area contributed by atoms with Crippen molar-refractivity contribution in [3.63, 3.8) is 0 Å². The molecule has 0 unspecified atom stereocenters. The lowest BCUT2D eigenvalue weighted by atomic mass is 9.98. The first-order chi connectivity index (χ1) is 8.34. The van der Waals surface area contributed by atoms with Crippen LogP contribution in [0.4, 0.5) is 5.82 Å². The fourth-order valence-corrected chi connectivity index (χ4v) is 2.23. The van der Waals surface area contributed by atoms with E-state index in [2.05, 4.69) is 23.2 Å². The minimum atomic E-state index is 0.538. The summed E-state index contributed by atoms with van der Waals surface area (Å²) >= 11 is 0. The van der Waals surface area contributed by atoms with Crippen LogP contribution in [0.3, 0.4) is 0 Å². The summed E-state index contributed by atoms with van der Waals surface area (Å²) in [5.74, 6) is 1.54. The smallest absolute Gasteiger partial charge is 0.130 e. The van der Waals surface area contributed by atoms with Gasteiger partial charge in [-0.25, -0.2) is 4.98 Å². The average molecular weight is 226 g/mol. The lowest BCUT2D eigenvalue weighted by Gasteiger charge is -2.20. The Morgan fingerprint density at radius 2 is 2.18 bits per heavy atom. The molecule has 1 aliphatic rings. The van der Waals surface area contributed by atoms with Gasteiger partial charge in [0.15, 0.2) is 0 Å². The van der Waals surface area contributed by atoms with Crippen molar-refractivity contribution < 1.29 is 4.74 Å². The van der Waals surface area contributed by atoms with Crippen molar-refractivity contribution >= 4 is 5.82 Å². The molecule has 0 saturated carbocycles. The normalized spacial score (nSPS) is 13.9. The number of pyridine rings is 1. The number of nitrogens with zero attached hydrogens (tertiary/aromatic N) is 1. The molecule has 2 N–H and O–H groups in total. The SMILES string of the molecule is Nc1cc(-c2cccc3c2OCCC3)ccn1. The van der Waals surface area contributed by atoms with Crippen LogP contribution in [0.15, 0.2) is 36.5 Å². The van der Waals surface area contributed by atoms with Crippen molar-refractivity contribution in [1.82, 2.24) is 4.98 Å². The highest BCUT2D eigenvalue weighted by molar-refractivity contribution is 5.73. The number of para-hydroxylation sites is 1. The van der Waals surface area contributed by atoms with Gasteiger partial charge >= 0.3 is 0 Å². The molecule has 0 radical (unpaired) electrons. The summed E-state index contributed by atoms with van der Waals surface area (Å²) in [6, 6.07) is 10.1. The van der Waals surface area contributed by atoms with Crippen LogP contribution in [0.25, 0.3) is 11.1 Å². The van der Waals surface area contributed by atoms with Crippen molar-refractivity contribution in [3.8, 4) is 16.9 Å². The van der Waals surface area contributed by atoms with Gasteiger partial charge < -0.3 is 10.5 Å². The maximum Gasteiger partial charge on any atom is 0.130 e. The van der Waals surface area contributed by atoms with Gasteiger partial charge in [-0.15, -0.1) is 0 Å². The summed E-state index contributed by atoms with van der Waals surface area (Å²) < 4.78 is 5.79. The van der Waals surface area contributed by atoms with Crippen LogP contribution in [0.5, 0.6) is 5.75 Å². The van der Waals surface area contributed by atoms with E-state index >= 15 is 0 Å². The van der Waals surface area contributed by atoms with Crippen LogP contribution >= 0.6 is 0 Å². The molecule has 3 heteroatoms. The molecule has 17 heavy (non-hydrogen) atoms. The third-order valence-corrected chi connectivity index (χ3v) is 3.03. The molecule has 2 heterocycles. The molecule has 3 nitrogen and oxygen atoms in total. The molecule has 86 valence electrons. The predicted octanol–water partition coefficient (Wildman–Crippen LogP) is 2.66. The van der Waals surface area contributed by atoms with Crippen LogP contribution < -0.4 is 10.5 Å². The molecule has 1 aromatic carbocycles.